The quantitative estimate of drug-likeness (QED) is 0.499. The Balaban J connectivity index is 2.07. The highest BCUT2D eigenvalue weighted by molar-refractivity contribution is 4.88. The van der Waals surface area contributed by atoms with Crippen molar-refractivity contribution in [2.24, 2.45) is 0 Å². The van der Waals surface area contributed by atoms with Crippen LogP contribution in [0.4, 0.5) is 0 Å². The third kappa shape index (κ3) is 6.06. The van der Waals surface area contributed by atoms with Gasteiger partial charge in [0.05, 0.1) is 13.2 Å². The molecule has 0 bridgehead atoms. The molecule has 0 unspecified atom stereocenters. The molecule has 20 heavy (non-hydrogen) atoms. The van der Waals surface area contributed by atoms with Crippen molar-refractivity contribution in [1.29, 1.82) is 0 Å². The van der Waals surface area contributed by atoms with Gasteiger partial charge in [-0.1, -0.05) is 45.4 Å². The van der Waals surface area contributed by atoms with Gasteiger partial charge in [-0.05, 0) is 6.42 Å². The van der Waals surface area contributed by atoms with Gasteiger partial charge >= 0.3 is 0 Å². The molecular formula is C15H30O5. The van der Waals surface area contributed by atoms with Crippen molar-refractivity contribution >= 4 is 0 Å². The summed E-state index contributed by atoms with van der Waals surface area (Å²) in [5.41, 5.74) is 0. The van der Waals surface area contributed by atoms with Crippen molar-refractivity contribution in [3.8, 4) is 0 Å². The normalized spacial score (nSPS) is 27.9. The number of hydrogen-bond acceptors (Lipinski definition) is 5. The average molecular weight is 290 g/mol. The van der Waals surface area contributed by atoms with Crippen LogP contribution in [-0.2, 0) is 9.47 Å². The van der Waals surface area contributed by atoms with Crippen LogP contribution < -0.4 is 0 Å². The molecule has 0 radical (unpaired) electrons. The van der Waals surface area contributed by atoms with Gasteiger partial charge in [0.25, 0.3) is 0 Å². The van der Waals surface area contributed by atoms with Crippen molar-refractivity contribution in [2.45, 2.75) is 76.3 Å². The summed E-state index contributed by atoms with van der Waals surface area (Å²) in [4.78, 5) is 0. The predicted molar refractivity (Wildman–Crippen MR) is 76.6 cm³/mol. The number of ether oxygens (including phenoxy) is 2. The fourth-order valence-electron chi connectivity index (χ4n) is 2.50. The van der Waals surface area contributed by atoms with Crippen molar-refractivity contribution < 1.29 is 24.8 Å². The van der Waals surface area contributed by atoms with Crippen LogP contribution in [0.1, 0.15) is 51.9 Å². The van der Waals surface area contributed by atoms with E-state index in [1.165, 1.54) is 32.1 Å². The second kappa shape index (κ2) is 10.5. The van der Waals surface area contributed by atoms with Crippen LogP contribution in [0, 0.1) is 0 Å². The second-order valence-electron chi connectivity index (χ2n) is 5.57. The summed E-state index contributed by atoms with van der Waals surface area (Å²) in [6.45, 7) is 2.66. The van der Waals surface area contributed by atoms with Gasteiger partial charge < -0.3 is 24.8 Å². The van der Waals surface area contributed by atoms with Gasteiger partial charge in [-0.15, -0.1) is 0 Å². The van der Waals surface area contributed by atoms with Crippen molar-refractivity contribution in [3.05, 3.63) is 0 Å². The van der Waals surface area contributed by atoms with E-state index in [0.29, 0.717) is 6.61 Å². The molecule has 5 heteroatoms. The molecule has 1 aliphatic heterocycles. The number of aliphatic hydroxyl groups excluding tert-OH is 3. The average Bonchev–Trinajstić information content (AvgIpc) is 2.78. The minimum Gasteiger partial charge on any atom is -0.394 e. The maximum Gasteiger partial charge on any atom is 0.114 e. The zero-order valence-corrected chi connectivity index (χ0v) is 12.5. The van der Waals surface area contributed by atoms with Gasteiger partial charge in [0.2, 0.25) is 0 Å². The monoisotopic (exact) mass is 290 g/mol. The Morgan fingerprint density at radius 2 is 1.75 bits per heavy atom. The number of rotatable bonds is 11. The SMILES string of the molecule is CCCCCCCCCO[C@@H](CO)[C@H]1OC[C@@H](O)[C@H]1O. The van der Waals surface area contributed by atoms with Crippen LogP contribution in [-0.4, -0.2) is 59.6 Å². The molecule has 1 aliphatic rings. The van der Waals surface area contributed by atoms with E-state index in [1.54, 1.807) is 0 Å². The van der Waals surface area contributed by atoms with E-state index < -0.39 is 24.4 Å². The molecule has 0 aromatic heterocycles. The third-order valence-corrected chi connectivity index (χ3v) is 3.82. The Hall–Kier alpha value is -0.200. The molecule has 0 aliphatic carbocycles. The van der Waals surface area contributed by atoms with E-state index in [9.17, 15) is 15.3 Å². The summed E-state index contributed by atoms with van der Waals surface area (Å²) in [6, 6.07) is 0. The summed E-state index contributed by atoms with van der Waals surface area (Å²) >= 11 is 0. The lowest BCUT2D eigenvalue weighted by molar-refractivity contribution is -0.101. The number of unbranched alkanes of at least 4 members (excludes halogenated alkanes) is 6. The Morgan fingerprint density at radius 1 is 1.10 bits per heavy atom. The summed E-state index contributed by atoms with van der Waals surface area (Å²) < 4.78 is 10.8. The molecule has 1 rings (SSSR count). The van der Waals surface area contributed by atoms with Crippen molar-refractivity contribution in [2.75, 3.05) is 19.8 Å². The van der Waals surface area contributed by atoms with E-state index in [-0.39, 0.29) is 13.2 Å². The van der Waals surface area contributed by atoms with E-state index in [4.69, 9.17) is 9.47 Å². The lowest BCUT2D eigenvalue weighted by Crippen LogP contribution is -2.42. The zero-order valence-electron chi connectivity index (χ0n) is 12.5. The maximum absolute atomic E-state index is 9.72. The van der Waals surface area contributed by atoms with Gasteiger partial charge in [0, 0.05) is 6.61 Å². The molecule has 1 heterocycles. The van der Waals surface area contributed by atoms with Crippen molar-refractivity contribution in [3.63, 3.8) is 0 Å². The lowest BCUT2D eigenvalue weighted by atomic mass is 10.1. The number of hydrogen-bond donors (Lipinski definition) is 3. The molecule has 0 aromatic rings. The first-order valence-corrected chi connectivity index (χ1v) is 7.90. The molecule has 3 N–H and O–H groups in total. The van der Waals surface area contributed by atoms with Crippen LogP contribution in [0.3, 0.4) is 0 Å². The highest BCUT2D eigenvalue weighted by Crippen LogP contribution is 2.19. The van der Waals surface area contributed by atoms with Crippen LogP contribution in [0.25, 0.3) is 0 Å². The highest BCUT2D eigenvalue weighted by atomic mass is 16.6. The molecule has 4 atom stereocenters. The fraction of sp³-hybridized carbons (Fsp3) is 1.00. The highest BCUT2D eigenvalue weighted by Gasteiger charge is 2.40. The molecule has 0 saturated carbocycles. The van der Waals surface area contributed by atoms with Gasteiger partial charge in [-0.25, -0.2) is 0 Å². The Bertz CT molecular complexity index is 236. The molecule has 5 nitrogen and oxygen atoms in total. The summed E-state index contributed by atoms with van der Waals surface area (Å²) in [5, 5.41) is 28.4. The maximum atomic E-state index is 9.72. The van der Waals surface area contributed by atoms with Gasteiger partial charge in [0.15, 0.2) is 0 Å². The van der Waals surface area contributed by atoms with E-state index >= 15 is 0 Å². The van der Waals surface area contributed by atoms with E-state index in [2.05, 4.69) is 6.92 Å². The minimum absolute atomic E-state index is 0.100. The number of aliphatic hydroxyl groups is 3. The smallest absolute Gasteiger partial charge is 0.114 e. The predicted octanol–water partition coefficient (Wildman–Crippen LogP) is 1.24. The summed E-state index contributed by atoms with van der Waals surface area (Å²) in [7, 11) is 0. The van der Waals surface area contributed by atoms with E-state index in [1.807, 2.05) is 0 Å². The Morgan fingerprint density at radius 3 is 2.30 bits per heavy atom. The van der Waals surface area contributed by atoms with Crippen LogP contribution in [0.15, 0.2) is 0 Å². The van der Waals surface area contributed by atoms with Crippen molar-refractivity contribution in [1.82, 2.24) is 0 Å². The first-order valence-electron chi connectivity index (χ1n) is 7.90. The summed E-state index contributed by atoms with van der Waals surface area (Å²) in [5.74, 6) is 0. The van der Waals surface area contributed by atoms with Gasteiger partial charge in [-0.2, -0.15) is 0 Å². The first-order chi connectivity index (χ1) is 9.70. The third-order valence-electron chi connectivity index (χ3n) is 3.82. The Kier molecular flexibility index (Phi) is 9.39. The molecular weight excluding hydrogens is 260 g/mol. The largest absolute Gasteiger partial charge is 0.394 e. The molecule has 120 valence electrons. The van der Waals surface area contributed by atoms with Crippen LogP contribution >= 0.6 is 0 Å². The molecule has 0 spiro atoms. The molecule has 1 saturated heterocycles. The second-order valence-corrected chi connectivity index (χ2v) is 5.57. The summed E-state index contributed by atoms with van der Waals surface area (Å²) in [6.07, 6.45) is 5.41. The van der Waals surface area contributed by atoms with Gasteiger partial charge in [-0.3, -0.25) is 0 Å². The topological polar surface area (TPSA) is 79.2 Å². The molecule has 1 fully saturated rings. The standard InChI is InChI=1S/C15H30O5/c1-2-3-4-5-6-7-8-9-19-13(10-16)15-14(18)12(17)11-20-15/h12-18H,2-11H2,1H3/t12-,13+,14-,15-/m1/s1. The molecule has 0 amide bonds. The van der Waals surface area contributed by atoms with Crippen LogP contribution in [0.5, 0.6) is 0 Å². The molecule has 0 aromatic carbocycles. The van der Waals surface area contributed by atoms with Gasteiger partial charge in [0.1, 0.15) is 24.4 Å². The fourth-order valence-corrected chi connectivity index (χ4v) is 2.50. The Labute approximate surface area is 121 Å². The van der Waals surface area contributed by atoms with Crippen LogP contribution in [0.2, 0.25) is 0 Å². The first kappa shape index (κ1) is 17.9. The minimum atomic E-state index is -0.971. The zero-order chi connectivity index (χ0) is 14.8. The lowest BCUT2D eigenvalue weighted by Gasteiger charge is -2.24. The van der Waals surface area contributed by atoms with E-state index in [0.717, 1.165) is 12.8 Å².